The molecule has 0 aliphatic heterocycles. The molecule has 5 nitrogen and oxygen atoms in total. The van der Waals surface area contributed by atoms with Crippen molar-refractivity contribution in [2.45, 2.75) is 13.5 Å². The lowest BCUT2D eigenvalue weighted by Crippen LogP contribution is -2.13. The topological polar surface area (TPSA) is 71.3 Å². The molecular formula is C29H22BrFN2O3. The van der Waals surface area contributed by atoms with Crippen LogP contribution < -0.4 is 14.8 Å². The number of rotatable bonds is 8. The highest BCUT2D eigenvalue weighted by Crippen LogP contribution is 2.38. The molecule has 0 radical (unpaired) electrons. The maximum absolute atomic E-state index is 13.1. The van der Waals surface area contributed by atoms with Gasteiger partial charge in [0.25, 0.3) is 5.91 Å². The molecule has 0 heterocycles. The van der Waals surface area contributed by atoms with E-state index in [4.69, 9.17) is 9.47 Å². The van der Waals surface area contributed by atoms with Crippen LogP contribution in [0.15, 0.2) is 88.9 Å². The first-order valence-corrected chi connectivity index (χ1v) is 12.0. The van der Waals surface area contributed by atoms with Gasteiger partial charge in [-0.25, -0.2) is 4.39 Å². The summed E-state index contributed by atoms with van der Waals surface area (Å²) in [6.45, 7) is 2.60. The number of fused-ring (bicyclic) bond motifs is 1. The lowest BCUT2D eigenvalue weighted by molar-refractivity contribution is -0.112. The first-order chi connectivity index (χ1) is 17.5. The zero-order valence-corrected chi connectivity index (χ0v) is 21.0. The second kappa shape index (κ2) is 11.5. The Morgan fingerprint density at radius 1 is 1.06 bits per heavy atom. The minimum absolute atomic E-state index is 0.113. The van der Waals surface area contributed by atoms with Gasteiger partial charge in [0.15, 0.2) is 11.5 Å². The molecule has 0 atom stereocenters. The molecule has 0 spiro atoms. The second-order valence-corrected chi connectivity index (χ2v) is 8.68. The molecule has 7 heteroatoms. The van der Waals surface area contributed by atoms with E-state index in [1.165, 1.54) is 30.3 Å². The van der Waals surface area contributed by atoms with E-state index in [0.29, 0.717) is 40.4 Å². The summed E-state index contributed by atoms with van der Waals surface area (Å²) in [4.78, 5) is 12.6. The van der Waals surface area contributed by atoms with Gasteiger partial charge in [0, 0.05) is 5.69 Å². The molecule has 0 bridgehead atoms. The number of carbonyl (C=O) groups is 1. The maximum atomic E-state index is 13.1. The van der Waals surface area contributed by atoms with Crippen LogP contribution in [0.4, 0.5) is 10.1 Å². The molecule has 1 N–H and O–H groups in total. The molecule has 4 rings (SSSR count). The van der Waals surface area contributed by atoms with Crippen LogP contribution in [0.3, 0.4) is 0 Å². The van der Waals surface area contributed by atoms with Crippen LogP contribution in [0.25, 0.3) is 16.8 Å². The summed E-state index contributed by atoms with van der Waals surface area (Å²) in [6.07, 6.45) is 1.46. The summed E-state index contributed by atoms with van der Waals surface area (Å²) in [5, 5.41) is 14.4. The minimum atomic E-state index is -0.602. The lowest BCUT2D eigenvalue weighted by atomic mass is 10.1. The van der Waals surface area contributed by atoms with Gasteiger partial charge in [0.05, 0.1) is 11.1 Å². The highest BCUT2D eigenvalue weighted by molar-refractivity contribution is 9.10. The van der Waals surface area contributed by atoms with E-state index in [9.17, 15) is 14.4 Å². The quantitative estimate of drug-likeness (QED) is 0.187. The number of carbonyl (C=O) groups excluding carboxylic acids is 1. The third-order valence-corrected chi connectivity index (χ3v) is 5.95. The molecule has 0 saturated heterocycles. The second-order valence-electron chi connectivity index (χ2n) is 7.82. The Labute approximate surface area is 216 Å². The SMILES string of the molecule is CCOc1cc(/C=C(\C#N)C(=O)Nc2ccc(F)cc2)cc(Br)c1OCc1cccc2ccccc12. The zero-order valence-electron chi connectivity index (χ0n) is 19.4. The van der Waals surface area contributed by atoms with E-state index in [0.717, 1.165) is 16.3 Å². The van der Waals surface area contributed by atoms with E-state index < -0.39 is 11.7 Å². The fourth-order valence-corrected chi connectivity index (χ4v) is 4.26. The Hall–Kier alpha value is -4.15. The van der Waals surface area contributed by atoms with E-state index in [-0.39, 0.29) is 5.57 Å². The number of nitrogens with zero attached hydrogens (tertiary/aromatic N) is 1. The van der Waals surface area contributed by atoms with Crippen molar-refractivity contribution in [2.24, 2.45) is 0 Å². The summed E-state index contributed by atoms with van der Waals surface area (Å²) >= 11 is 3.55. The van der Waals surface area contributed by atoms with Gasteiger partial charge in [-0.2, -0.15) is 5.26 Å². The van der Waals surface area contributed by atoms with Crippen molar-refractivity contribution in [3.8, 4) is 17.6 Å². The first-order valence-electron chi connectivity index (χ1n) is 11.2. The Kier molecular flexibility index (Phi) is 7.99. The minimum Gasteiger partial charge on any atom is -0.490 e. The largest absolute Gasteiger partial charge is 0.490 e. The fraction of sp³-hybridized carbons (Fsp3) is 0.103. The van der Waals surface area contributed by atoms with Crippen molar-refractivity contribution in [3.63, 3.8) is 0 Å². The van der Waals surface area contributed by atoms with Crippen molar-refractivity contribution in [2.75, 3.05) is 11.9 Å². The van der Waals surface area contributed by atoms with Gasteiger partial charge in [0.1, 0.15) is 24.1 Å². The summed E-state index contributed by atoms with van der Waals surface area (Å²) in [6, 6.07) is 24.9. The molecule has 1 amide bonds. The van der Waals surface area contributed by atoms with Crippen molar-refractivity contribution < 1.29 is 18.7 Å². The molecule has 180 valence electrons. The predicted octanol–water partition coefficient (Wildman–Crippen LogP) is 7.26. The first kappa shape index (κ1) is 25.0. The number of anilines is 1. The average molecular weight is 545 g/mol. The molecule has 4 aromatic carbocycles. The van der Waals surface area contributed by atoms with Crippen molar-refractivity contribution in [3.05, 3.63) is 106 Å². The smallest absolute Gasteiger partial charge is 0.266 e. The van der Waals surface area contributed by atoms with Crippen molar-refractivity contribution >= 4 is 44.4 Å². The van der Waals surface area contributed by atoms with Crippen LogP contribution in [0.5, 0.6) is 11.5 Å². The van der Waals surface area contributed by atoms with E-state index in [1.807, 2.05) is 37.3 Å². The summed E-state index contributed by atoms with van der Waals surface area (Å²) < 4.78 is 25.7. The molecule has 0 saturated carbocycles. The number of amides is 1. The number of nitriles is 1. The van der Waals surface area contributed by atoms with E-state index >= 15 is 0 Å². The number of hydrogen-bond acceptors (Lipinski definition) is 4. The number of hydrogen-bond donors (Lipinski definition) is 1. The van der Waals surface area contributed by atoms with Crippen LogP contribution in [0.1, 0.15) is 18.1 Å². The zero-order chi connectivity index (χ0) is 25.5. The highest BCUT2D eigenvalue weighted by atomic mass is 79.9. The van der Waals surface area contributed by atoms with Crippen LogP contribution in [-0.4, -0.2) is 12.5 Å². The standard InChI is InChI=1S/C29H22BrFN2O3/c1-2-35-27-16-19(14-22(17-32)29(34)33-24-12-10-23(31)11-13-24)15-26(30)28(27)36-18-21-8-5-7-20-6-3-4-9-25(20)21/h3-16H,2,18H2,1H3,(H,33,34)/b22-14+. The fourth-order valence-electron chi connectivity index (χ4n) is 3.69. The van der Waals surface area contributed by atoms with Gasteiger partial charge in [-0.1, -0.05) is 42.5 Å². The molecule has 36 heavy (non-hydrogen) atoms. The number of ether oxygens (including phenoxy) is 2. The summed E-state index contributed by atoms with van der Waals surface area (Å²) in [5.74, 6) is -0.0135. The normalized spacial score (nSPS) is 11.1. The third kappa shape index (κ3) is 5.91. The van der Waals surface area contributed by atoms with Crippen LogP contribution in [0, 0.1) is 17.1 Å². The summed E-state index contributed by atoms with van der Waals surface area (Å²) in [5.41, 5.74) is 1.89. The molecule has 0 fully saturated rings. The molecule has 0 aliphatic carbocycles. The van der Waals surface area contributed by atoms with Gasteiger partial charge < -0.3 is 14.8 Å². The molecule has 0 unspecified atom stereocenters. The molecule has 0 aliphatic rings. The van der Waals surface area contributed by atoms with Gasteiger partial charge >= 0.3 is 0 Å². The Bertz CT molecular complexity index is 1470. The van der Waals surface area contributed by atoms with Crippen LogP contribution in [0.2, 0.25) is 0 Å². The molecular weight excluding hydrogens is 523 g/mol. The predicted molar refractivity (Wildman–Crippen MR) is 142 cm³/mol. The third-order valence-electron chi connectivity index (χ3n) is 5.36. The summed E-state index contributed by atoms with van der Waals surface area (Å²) in [7, 11) is 0. The monoisotopic (exact) mass is 544 g/mol. The van der Waals surface area contributed by atoms with Crippen LogP contribution >= 0.6 is 15.9 Å². The van der Waals surface area contributed by atoms with Crippen LogP contribution in [-0.2, 0) is 11.4 Å². The Morgan fingerprint density at radius 3 is 2.56 bits per heavy atom. The van der Waals surface area contributed by atoms with Gasteiger partial charge in [0.2, 0.25) is 0 Å². The van der Waals surface area contributed by atoms with Crippen molar-refractivity contribution in [1.29, 1.82) is 5.26 Å². The Morgan fingerprint density at radius 2 is 1.81 bits per heavy atom. The molecule has 4 aromatic rings. The van der Waals surface area contributed by atoms with Gasteiger partial charge in [-0.05, 0) is 87.2 Å². The maximum Gasteiger partial charge on any atom is 0.266 e. The van der Waals surface area contributed by atoms with Crippen molar-refractivity contribution in [1.82, 2.24) is 0 Å². The highest BCUT2D eigenvalue weighted by Gasteiger charge is 2.15. The molecule has 0 aromatic heterocycles. The van der Waals surface area contributed by atoms with Gasteiger partial charge in [-0.15, -0.1) is 0 Å². The number of halogens is 2. The Balaban J connectivity index is 1.59. The van der Waals surface area contributed by atoms with E-state index in [2.05, 4.69) is 39.4 Å². The van der Waals surface area contributed by atoms with E-state index in [1.54, 1.807) is 12.1 Å². The number of benzene rings is 4. The average Bonchev–Trinajstić information content (AvgIpc) is 2.88. The number of nitrogens with one attached hydrogen (secondary N) is 1. The lowest BCUT2D eigenvalue weighted by Gasteiger charge is -2.16. The van der Waals surface area contributed by atoms with Gasteiger partial charge in [-0.3, -0.25) is 4.79 Å².